The summed E-state index contributed by atoms with van der Waals surface area (Å²) in [7, 11) is 2.80. The zero-order valence-corrected chi connectivity index (χ0v) is 14.5. The molecule has 6 heteroatoms. The second kappa shape index (κ2) is 9.60. The zero-order chi connectivity index (χ0) is 18.1. The van der Waals surface area contributed by atoms with Crippen molar-refractivity contribution in [2.75, 3.05) is 20.8 Å². The van der Waals surface area contributed by atoms with Crippen LogP contribution >= 0.6 is 0 Å². The lowest BCUT2D eigenvalue weighted by atomic mass is 10.1. The maximum Gasteiger partial charge on any atom is 0.341 e. The third kappa shape index (κ3) is 5.30. The Morgan fingerprint density at radius 3 is 2.17 bits per heavy atom. The molecule has 1 N–H and O–H groups in total. The number of phenols is 1. The summed E-state index contributed by atoms with van der Waals surface area (Å²) in [5.41, 5.74) is 0.415. The SMILES string of the molecule is CCCCCOC(=O)C(=Cc1cc(OC)c(O)c(OC)c1)C(C)=O. The number of Topliss-reactive ketones (excluding diaryl/α,β-unsaturated/α-hetero) is 1. The van der Waals surface area contributed by atoms with Crippen molar-refractivity contribution in [3.63, 3.8) is 0 Å². The minimum absolute atomic E-state index is 0.0682. The fourth-order valence-electron chi connectivity index (χ4n) is 2.06. The number of ether oxygens (including phenoxy) is 3. The summed E-state index contributed by atoms with van der Waals surface area (Å²) >= 11 is 0. The smallest absolute Gasteiger partial charge is 0.341 e. The molecule has 0 fully saturated rings. The van der Waals surface area contributed by atoms with E-state index in [1.54, 1.807) is 0 Å². The van der Waals surface area contributed by atoms with Gasteiger partial charge in [-0.05, 0) is 37.1 Å². The molecule has 0 saturated heterocycles. The van der Waals surface area contributed by atoms with E-state index in [-0.39, 0.29) is 29.4 Å². The number of carbonyl (C=O) groups is 2. The van der Waals surface area contributed by atoms with Crippen LogP contribution in [0.1, 0.15) is 38.7 Å². The highest BCUT2D eigenvalue weighted by Crippen LogP contribution is 2.37. The van der Waals surface area contributed by atoms with Gasteiger partial charge in [-0.15, -0.1) is 0 Å². The topological polar surface area (TPSA) is 82.1 Å². The second-order valence-electron chi connectivity index (χ2n) is 5.23. The summed E-state index contributed by atoms with van der Waals surface area (Å²) in [6.07, 6.45) is 4.13. The van der Waals surface area contributed by atoms with Crippen molar-refractivity contribution in [3.05, 3.63) is 23.3 Å². The van der Waals surface area contributed by atoms with E-state index in [2.05, 4.69) is 0 Å². The van der Waals surface area contributed by atoms with E-state index in [1.165, 1.54) is 39.4 Å². The van der Waals surface area contributed by atoms with Crippen LogP contribution in [0.3, 0.4) is 0 Å². The maximum absolute atomic E-state index is 12.1. The number of benzene rings is 1. The van der Waals surface area contributed by atoms with Crippen LogP contribution in [0.4, 0.5) is 0 Å². The molecule has 0 heterocycles. The molecule has 24 heavy (non-hydrogen) atoms. The van der Waals surface area contributed by atoms with Gasteiger partial charge >= 0.3 is 5.97 Å². The monoisotopic (exact) mass is 336 g/mol. The summed E-state index contributed by atoms with van der Waals surface area (Å²) in [6.45, 7) is 3.63. The van der Waals surface area contributed by atoms with E-state index >= 15 is 0 Å². The molecular formula is C18H24O6. The number of hydrogen-bond acceptors (Lipinski definition) is 6. The van der Waals surface area contributed by atoms with Gasteiger partial charge in [0.05, 0.1) is 20.8 Å². The van der Waals surface area contributed by atoms with Gasteiger partial charge in [0, 0.05) is 0 Å². The number of esters is 1. The molecule has 6 nitrogen and oxygen atoms in total. The molecule has 0 atom stereocenters. The van der Waals surface area contributed by atoms with Crippen LogP contribution in [0.25, 0.3) is 6.08 Å². The van der Waals surface area contributed by atoms with Crippen LogP contribution in [0.2, 0.25) is 0 Å². The highest BCUT2D eigenvalue weighted by Gasteiger charge is 2.17. The molecule has 0 amide bonds. The Kier molecular flexibility index (Phi) is 7.82. The number of carbonyl (C=O) groups excluding carboxylic acids is 2. The standard InChI is InChI=1S/C18H24O6/c1-5-6-7-8-24-18(21)14(12(2)19)9-13-10-15(22-3)17(20)16(11-13)23-4/h9-11,20H,5-8H2,1-4H3. The van der Waals surface area contributed by atoms with Crippen molar-refractivity contribution in [3.8, 4) is 17.2 Å². The lowest BCUT2D eigenvalue weighted by molar-refractivity contribution is -0.140. The summed E-state index contributed by atoms with van der Waals surface area (Å²) in [6, 6.07) is 3.01. The molecule has 0 aliphatic heterocycles. The van der Waals surface area contributed by atoms with Crippen molar-refractivity contribution in [2.24, 2.45) is 0 Å². The molecule has 0 bridgehead atoms. The molecule has 0 aromatic heterocycles. The molecule has 0 spiro atoms. The van der Waals surface area contributed by atoms with E-state index < -0.39 is 11.8 Å². The summed E-state index contributed by atoms with van der Waals surface area (Å²) < 4.78 is 15.3. The van der Waals surface area contributed by atoms with Gasteiger partial charge < -0.3 is 19.3 Å². The molecule has 1 aromatic rings. The van der Waals surface area contributed by atoms with Crippen molar-refractivity contribution < 1.29 is 28.9 Å². The van der Waals surface area contributed by atoms with Crippen molar-refractivity contribution in [1.82, 2.24) is 0 Å². The predicted molar refractivity (Wildman–Crippen MR) is 90.4 cm³/mol. The lowest BCUT2D eigenvalue weighted by Crippen LogP contribution is -2.14. The predicted octanol–water partition coefficient (Wildman–Crippen LogP) is 3.12. The molecule has 0 radical (unpaired) electrons. The Morgan fingerprint density at radius 1 is 1.12 bits per heavy atom. The number of phenolic OH excluding ortho intramolecular Hbond substituents is 1. The van der Waals surface area contributed by atoms with E-state index in [4.69, 9.17) is 14.2 Å². The fourth-order valence-corrected chi connectivity index (χ4v) is 2.06. The summed E-state index contributed by atoms with van der Waals surface area (Å²) in [5, 5.41) is 9.90. The molecule has 132 valence electrons. The van der Waals surface area contributed by atoms with Gasteiger partial charge in [-0.1, -0.05) is 19.8 Å². The van der Waals surface area contributed by atoms with Crippen molar-refractivity contribution in [1.29, 1.82) is 0 Å². The van der Waals surface area contributed by atoms with Gasteiger partial charge in [-0.2, -0.15) is 0 Å². The lowest BCUT2D eigenvalue weighted by Gasteiger charge is -2.10. The Hall–Kier alpha value is -2.50. The number of aromatic hydroxyl groups is 1. The molecule has 1 aromatic carbocycles. The van der Waals surface area contributed by atoms with Gasteiger partial charge in [-0.3, -0.25) is 4.79 Å². The molecule has 0 unspecified atom stereocenters. The van der Waals surface area contributed by atoms with Gasteiger partial charge in [0.2, 0.25) is 5.75 Å². The fraction of sp³-hybridized carbons (Fsp3) is 0.444. The van der Waals surface area contributed by atoms with Crippen LogP contribution in [0.15, 0.2) is 17.7 Å². The molecular weight excluding hydrogens is 312 g/mol. The Balaban J connectivity index is 3.08. The van der Waals surface area contributed by atoms with E-state index in [0.717, 1.165) is 19.3 Å². The van der Waals surface area contributed by atoms with E-state index in [1.807, 2.05) is 6.92 Å². The second-order valence-corrected chi connectivity index (χ2v) is 5.23. The number of methoxy groups -OCH3 is 2. The average molecular weight is 336 g/mol. The van der Waals surface area contributed by atoms with E-state index in [0.29, 0.717) is 5.56 Å². The first-order valence-corrected chi connectivity index (χ1v) is 7.79. The summed E-state index contributed by atoms with van der Waals surface area (Å²) in [5.74, 6) is -0.852. The number of ketones is 1. The summed E-state index contributed by atoms with van der Waals surface area (Å²) in [4.78, 5) is 23.9. The molecule has 0 saturated carbocycles. The number of unbranched alkanes of at least 4 members (excludes halogenated alkanes) is 2. The number of rotatable bonds is 9. The van der Waals surface area contributed by atoms with Crippen LogP contribution in [-0.4, -0.2) is 37.7 Å². The van der Waals surface area contributed by atoms with Crippen LogP contribution in [0.5, 0.6) is 17.2 Å². The van der Waals surface area contributed by atoms with Crippen molar-refractivity contribution in [2.45, 2.75) is 33.1 Å². The Bertz CT molecular complexity index is 593. The first-order chi connectivity index (χ1) is 11.4. The molecule has 0 aliphatic carbocycles. The zero-order valence-electron chi connectivity index (χ0n) is 14.5. The Morgan fingerprint density at radius 2 is 1.71 bits per heavy atom. The normalized spacial score (nSPS) is 11.1. The third-order valence-corrected chi connectivity index (χ3v) is 3.39. The van der Waals surface area contributed by atoms with Gasteiger partial charge in [-0.25, -0.2) is 4.79 Å². The quantitative estimate of drug-likeness (QED) is 0.245. The highest BCUT2D eigenvalue weighted by atomic mass is 16.5. The molecule has 1 rings (SSSR count). The highest BCUT2D eigenvalue weighted by molar-refractivity contribution is 6.19. The van der Waals surface area contributed by atoms with Gasteiger partial charge in [0.1, 0.15) is 5.57 Å². The first kappa shape index (κ1) is 19.5. The third-order valence-electron chi connectivity index (χ3n) is 3.39. The van der Waals surface area contributed by atoms with E-state index in [9.17, 15) is 14.7 Å². The number of hydrogen-bond donors (Lipinski definition) is 1. The van der Waals surface area contributed by atoms with Crippen LogP contribution in [-0.2, 0) is 14.3 Å². The van der Waals surface area contributed by atoms with Gasteiger partial charge in [0.15, 0.2) is 17.3 Å². The molecule has 0 aliphatic rings. The van der Waals surface area contributed by atoms with Crippen LogP contribution in [0, 0.1) is 0 Å². The average Bonchev–Trinajstić information content (AvgIpc) is 2.57. The maximum atomic E-state index is 12.1. The first-order valence-electron chi connectivity index (χ1n) is 7.79. The van der Waals surface area contributed by atoms with Gasteiger partial charge in [0.25, 0.3) is 0 Å². The minimum atomic E-state index is -0.662. The largest absolute Gasteiger partial charge is 0.502 e. The Labute approximate surface area is 142 Å². The minimum Gasteiger partial charge on any atom is -0.502 e. The van der Waals surface area contributed by atoms with Crippen molar-refractivity contribution >= 4 is 17.8 Å². The van der Waals surface area contributed by atoms with Crippen LogP contribution < -0.4 is 9.47 Å².